The maximum absolute atomic E-state index is 11.2. The number of hydrogen-bond donors (Lipinski definition) is 2. The monoisotopic (exact) mass is 187 g/mol. The van der Waals surface area contributed by atoms with Gasteiger partial charge in [-0.3, -0.25) is 4.79 Å². The second kappa shape index (κ2) is 4.07. The Labute approximate surface area is 78.2 Å². The molecule has 13 heavy (non-hydrogen) atoms. The van der Waals surface area contributed by atoms with Crippen LogP contribution in [0.4, 0.5) is 0 Å². The van der Waals surface area contributed by atoms with Crippen LogP contribution in [0.5, 0.6) is 0 Å². The number of rotatable bonds is 3. The van der Waals surface area contributed by atoms with Gasteiger partial charge in [0, 0.05) is 13.1 Å². The second-order valence-corrected chi connectivity index (χ2v) is 3.97. The highest BCUT2D eigenvalue weighted by Gasteiger charge is 2.29. The Hall–Kier alpha value is -0.610. The molecule has 0 saturated carbocycles. The summed E-state index contributed by atoms with van der Waals surface area (Å²) in [6.07, 6.45) is -0.841. The molecule has 4 heteroatoms. The van der Waals surface area contributed by atoms with Gasteiger partial charge in [0.1, 0.15) is 0 Å². The fraction of sp³-hybridized carbons (Fsp3) is 0.889. The lowest BCUT2D eigenvalue weighted by molar-refractivity contribution is -0.129. The van der Waals surface area contributed by atoms with Gasteiger partial charge < -0.3 is 15.1 Å². The molecule has 0 aliphatic carbocycles. The first kappa shape index (κ1) is 10.5. The van der Waals surface area contributed by atoms with Crippen molar-refractivity contribution in [2.75, 3.05) is 13.1 Å². The molecule has 0 aromatic heterocycles. The molecule has 1 saturated heterocycles. The Balaban J connectivity index is 2.41. The molecule has 76 valence electrons. The number of carbonyl (C=O) groups excluding carboxylic acids is 1. The highest BCUT2D eigenvalue weighted by molar-refractivity contribution is 5.79. The van der Waals surface area contributed by atoms with Crippen LogP contribution in [0.3, 0.4) is 0 Å². The number of carbonyl (C=O) groups is 1. The minimum atomic E-state index is -0.549. The molecular formula is C9H17NO3. The van der Waals surface area contributed by atoms with Crippen molar-refractivity contribution in [3.05, 3.63) is 0 Å². The number of hydrogen-bond acceptors (Lipinski definition) is 3. The summed E-state index contributed by atoms with van der Waals surface area (Å²) in [7, 11) is 0. The first-order valence-electron chi connectivity index (χ1n) is 4.64. The highest BCUT2D eigenvalue weighted by atomic mass is 16.3. The molecule has 1 amide bonds. The number of β-amino-alcohol motifs (C(OH)–C–C–N with tert-alkyl or cyclic N) is 2. The summed E-state index contributed by atoms with van der Waals surface area (Å²) in [4.78, 5) is 12.7. The molecule has 1 aliphatic heterocycles. The molecule has 4 nitrogen and oxygen atoms in total. The average Bonchev–Trinajstić information content (AvgIpc) is 2.30. The Morgan fingerprint density at radius 1 is 1.62 bits per heavy atom. The van der Waals surface area contributed by atoms with Crippen molar-refractivity contribution < 1.29 is 15.0 Å². The highest BCUT2D eigenvalue weighted by Crippen LogP contribution is 2.13. The molecule has 2 atom stereocenters. The number of likely N-dealkylation sites (tertiary alicyclic amines) is 1. The van der Waals surface area contributed by atoms with Gasteiger partial charge in [0.05, 0.1) is 18.6 Å². The smallest absolute Gasteiger partial charge is 0.225 e. The molecular weight excluding hydrogens is 170 g/mol. The Morgan fingerprint density at radius 3 is 2.62 bits per heavy atom. The van der Waals surface area contributed by atoms with Gasteiger partial charge in [-0.25, -0.2) is 0 Å². The van der Waals surface area contributed by atoms with Gasteiger partial charge in [0.2, 0.25) is 5.91 Å². The lowest BCUT2D eigenvalue weighted by Gasteiger charge is -2.22. The summed E-state index contributed by atoms with van der Waals surface area (Å²) in [5.74, 6) is 0.0812. The van der Waals surface area contributed by atoms with Crippen molar-refractivity contribution in [2.24, 2.45) is 5.92 Å². The van der Waals surface area contributed by atoms with Crippen molar-refractivity contribution >= 4 is 5.91 Å². The van der Waals surface area contributed by atoms with Gasteiger partial charge in [-0.15, -0.1) is 0 Å². The van der Waals surface area contributed by atoms with Crippen molar-refractivity contribution in [3.8, 4) is 0 Å². The van der Waals surface area contributed by atoms with E-state index in [1.54, 1.807) is 0 Å². The summed E-state index contributed by atoms with van der Waals surface area (Å²) >= 11 is 0. The third kappa shape index (κ3) is 2.67. The van der Waals surface area contributed by atoms with Gasteiger partial charge >= 0.3 is 0 Å². The maximum atomic E-state index is 11.2. The van der Waals surface area contributed by atoms with Crippen LogP contribution in [-0.4, -0.2) is 46.3 Å². The number of aliphatic hydroxyl groups is 2. The molecule has 1 rings (SSSR count). The predicted molar refractivity (Wildman–Crippen MR) is 48.0 cm³/mol. The Kier molecular flexibility index (Phi) is 3.27. The number of amides is 1. The molecule has 0 aromatic rings. The van der Waals surface area contributed by atoms with Crippen LogP contribution in [0.25, 0.3) is 0 Å². The Morgan fingerprint density at radius 2 is 2.23 bits per heavy atom. The van der Waals surface area contributed by atoms with E-state index in [1.165, 1.54) is 4.90 Å². The SMILES string of the molecule is CC(C)C(O)CN1CC(O)CC1=O. The van der Waals surface area contributed by atoms with E-state index in [0.29, 0.717) is 13.1 Å². The summed E-state index contributed by atoms with van der Waals surface area (Å²) < 4.78 is 0. The lowest BCUT2D eigenvalue weighted by Crippen LogP contribution is -2.36. The minimum Gasteiger partial charge on any atom is -0.391 e. The van der Waals surface area contributed by atoms with E-state index in [9.17, 15) is 15.0 Å². The molecule has 1 fully saturated rings. The molecule has 2 unspecified atom stereocenters. The van der Waals surface area contributed by atoms with E-state index in [-0.39, 0.29) is 18.2 Å². The molecule has 0 radical (unpaired) electrons. The van der Waals surface area contributed by atoms with Gasteiger partial charge in [-0.05, 0) is 5.92 Å². The number of aliphatic hydroxyl groups excluding tert-OH is 2. The van der Waals surface area contributed by atoms with E-state index < -0.39 is 12.2 Å². The third-order valence-electron chi connectivity index (χ3n) is 2.37. The zero-order valence-corrected chi connectivity index (χ0v) is 8.10. The zero-order chi connectivity index (χ0) is 10.0. The van der Waals surface area contributed by atoms with Gasteiger partial charge in [0.25, 0.3) is 0 Å². The van der Waals surface area contributed by atoms with E-state index in [0.717, 1.165) is 0 Å². The minimum absolute atomic E-state index is 0.0628. The van der Waals surface area contributed by atoms with Gasteiger partial charge in [-0.2, -0.15) is 0 Å². The molecule has 0 bridgehead atoms. The first-order chi connectivity index (χ1) is 6.00. The van der Waals surface area contributed by atoms with Crippen molar-refractivity contribution in [2.45, 2.75) is 32.5 Å². The molecule has 2 N–H and O–H groups in total. The second-order valence-electron chi connectivity index (χ2n) is 3.97. The largest absolute Gasteiger partial charge is 0.391 e. The van der Waals surface area contributed by atoms with Crippen LogP contribution in [0.1, 0.15) is 20.3 Å². The summed E-state index contributed by atoms with van der Waals surface area (Å²) in [5.41, 5.74) is 0. The average molecular weight is 187 g/mol. The van der Waals surface area contributed by atoms with E-state index >= 15 is 0 Å². The van der Waals surface area contributed by atoms with Crippen molar-refractivity contribution in [1.29, 1.82) is 0 Å². The normalized spacial score (nSPS) is 25.8. The third-order valence-corrected chi connectivity index (χ3v) is 2.37. The van der Waals surface area contributed by atoms with Crippen LogP contribution in [0.15, 0.2) is 0 Å². The summed E-state index contributed by atoms with van der Waals surface area (Å²) in [5, 5.41) is 18.7. The molecule has 0 spiro atoms. The lowest BCUT2D eigenvalue weighted by atomic mass is 10.1. The summed E-state index contributed by atoms with van der Waals surface area (Å²) in [6, 6.07) is 0. The van der Waals surface area contributed by atoms with Crippen LogP contribution < -0.4 is 0 Å². The molecule has 0 aromatic carbocycles. The van der Waals surface area contributed by atoms with E-state index in [1.807, 2.05) is 13.8 Å². The van der Waals surface area contributed by atoms with E-state index in [4.69, 9.17) is 0 Å². The molecule has 1 heterocycles. The zero-order valence-electron chi connectivity index (χ0n) is 8.10. The quantitative estimate of drug-likeness (QED) is 0.632. The molecule has 1 aliphatic rings. The van der Waals surface area contributed by atoms with Gasteiger partial charge in [-0.1, -0.05) is 13.8 Å². The van der Waals surface area contributed by atoms with E-state index in [2.05, 4.69) is 0 Å². The van der Waals surface area contributed by atoms with Crippen molar-refractivity contribution in [3.63, 3.8) is 0 Å². The fourth-order valence-electron chi connectivity index (χ4n) is 1.36. The van der Waals surface area contributed by atoms with Crippen LogP contribution >= 0.6 is 0 Å². The first-order valence-corrected chi connectivity index (χ1v) is 4.64. The van der Waals surface area contributed by atoms with Crippen LogP contribution in [-0.2, 0) is 4.79 Å². The Bertz CT molecular complexity index is 193. The fourth-order valence-corrected chi connectivity index (χ4v) is 1.36. The van der Waals surface area contributed by atoms with Crippen molar-refractivity contribution in [1.82, 2.24) is 4.90 Å². The van der Waals surface area contributed by atoms with Crippen LogP contribution in [0, 0.1) is 5.92 Å². The predicted octanol–water partition coefficient (Wildman–Crippen LogP) is -0.404. The van der Waals surface area contributed by atoms with Crippen LogP contribution in [0.2, 0.25) is 0 Å². The maximum Gasteiger partial charge on any atom is 0.225 e. The summed E-state index contributed by atoms with van der Waals surface area (Å²) in [6.45, 7) is 4.51. The van der Waals surface area contributed by atoms with Gasteiger partial charge in [0.15, 0.2) is 0 Å². The topological polar surface area (TPSA) is 60.8 Å². The standard InChI is InChI=1S/C9H17NO3/c1-6(2)8(12)5-10-4-7(11)3-9(10)13/h6-8,11-12H,3-5H2,1-2H3. The number of nitrogens with zero attached hydrogens (tertiary/aromatic N) is 1.